The number of amides is 2. The molecule has 2 rings (SSSR count). The summed E-state index contributed by atoms with van der Waals surface area (Å²) in [5.41, 5.74) is 1.81. The molecule has 0 aliphatic rings. The first kappa shape index (κ1) is 23.4. The Kier molecular flexibility index (Phi) is 8.41. The number of likely N-dealkylation sites (N-methyl/N-ethyl adjacent to an activating group) is 1. The molecule has 0 bridgehead atoms. The standard InChI is InChI=1S/C22H28N2O5S/c1-4-17-8-5-6-9-20(17)23-21(25)16-24(2)22(26)10-7-15-29-18-11-13-19(14-12-18)30(3,27)28/h5-6,8-9,11-14H,4,7,10,15-16H2,1-3H3,(H,23,25). The van der Waals surface area contributed by atoms with Crippen molar-refractivity contribution >= 4 is 27.3 Å². The topological polar surface area (TPSA) is 92.8 Å². The molecule has 0 aliphatic heterocycles. The van der Waals surface area contributed by atoms with Gasteiger partial charge in [0.15, 0.2) is 9.84 Å². The summed E-state index contributed by atoms with van der Waals surface area (Å²) in [5, 5.41) is 2.85. The van der Waals surface area contributed by atoms with Crippen molar-refractivity contribution in [3.05, 3.63) is 54.1 Å². The molecule has 0 saturated carbocycles. The number of aryl methyl sites for hydroxylation is 1. The first-order valence-electron chi connectivity index (χ1n) is 9.75. The Balaban J connectivity index is 1.73. The lowest BCUT2D eigenvalue weighted by atomic mass is 10.1. The lowest BCUT2D eigenvalue weighted by Crippen LogP contribution is -2.35. The van der Waals surface area contributed by atoms with E-state index in [2.05, 4.69) is 5.32 Å². The van der Waals surface area contributed by atoms with Crippen molar-refractivity contribution in [3.8, 4) is 5.75 Å². The van der Waals surface area contributed by atoms with Gasteiger partial charge < -0.3 is 15.0 Å². The molecule has 0 aliphatic carbocycles. The van der Waals surface area contributed by atoms with Crippen molar-refractivity contribution in [2.24, 2.45) is 0 Å². The third-order valence-corrected chi connectivity index (χ3v) is 5.66. The van der Waals surface area contributed by atoms with Crippen LogP contribution in [-0.4, -0.2) is 51.6 Å². The van der Waals surface area contributed by atoms with Crippen LogP contribution in [0.1, 0.15) is 25.3 Å². The molecule has 0 heterocycles. The van der Waals surface area contributed by atoms with Crippen LogP contribution in [0.15, 0.2) is 53.4 Å². The van der Waals surface area contributed by atoms with Crippen LogP contribution in [0.3, 0.4) is 0 Å². The number of benzene rings is 2. The molecule has 0 unspecified atom stereocenters. The zero-order valence-corrected chi connectivity index (χ0v) is 18.4. The molecule has 2 aromatic rings. The SMILES string of the molecule is CCc1ccccc1NC(=O)CN(C)C(=O)CCCOc1ccc(S(C)(=O)=O)cc1. The molecule has 8 heteroatoms. The number of sulfone groups is 1. The van der Waals surface area contributed by atoms with Crippen LogP contribution in [0.4, 0.5) is 5.69 Å². The summed E-state index contributed by atoms with van der Waals surface area (Å²) < 4.78 is 28.4. The van der Waals surface area contributed by atoms with Crippen molar-refractivity contribution in [1.29, 1.82) is 0 Å². The highest BCUT2D eigenvalue weighted by atomic mass is 32.2. The van der Waals surface area contributed by atoms with E-state index in [0.717, 1.165) is 23.9 Å². The number of carbonyl (C=O) groups excluding carboxylic acids is 2. The van der Waals surface area contributed by atoms with Crippen LogP contribution >= 0.6 is 0 Å². The minimum absolute atomic E-state index is 0.0231. The summed E-state index contributed by atoms with van der Waals surface area (Å²) >= 11 is 0. The van der Waals surface area contributed by atoms with Crippen molar-refractivity contribution < 1.29 is 22.7 Å². The predicted molar refractivity (Wildman–Crippen MR) is 116 cm³/mol. The van der Waals surface area contributed by atoms with E-state index in [1.807, 2.05) is 31.2 Å². The fourth-order valence-corrected chi connectivity index (χ4v) is 3.46. The Morgan fingerprint density at radius 2 is 1.73 bits per heavy atom. The maximum Gasteiger partial charge on any atom is 0.243 e. The third kappa shape index (κ3) is 7.18. The molecule has 1 N–H and O–H groups in total. The van der Waals surface area contributed by atoms with Crippen LogP contribution in [0.5, 0.6) is 5.75 Å². The lowest BCUT2D eigenvalue weighted by Gasteiger charge is -2.17. The lowest BCUT2D eigenvalue weighted by molar-refractivity contribution is -0.133. The summed E-state index contributed by atoms with van der Waals surface area (Å²) in [6.45, 7) is 2.31. The second-order valence-electron chi connectivity index (χ2n) is 7.00. The van der Waals surface area contributed by atoms with Gasteiger partial charge in [0.05, 0.1) is 18.0 Å². The Morgan fingerprint density at radius 3 is 2.37 bits per heavy atom. The molecule has 0 radical (unpaired) electrons. The van der Waals surface area contributed by atoms with E-state index >= 15 is 0 Å². The number of anilines is 1. The van der Waals surface area contributed by atoms with Crippen LogP contribution in [-0.2, 0) is 25.8 Å². The van der Waals surface area contributed by atoms with Crippen LogP contribution in [0.2, 0.25) is 0 Å². The van der Waals surface area contributed by atoms with Gasteiger partial charge in [-0.05, 0) is 48.7 Å². The Labute approximate surface area is 178 Å². The van der Waals surface area contributed by atoms with Gasteiger partial charge in [-0.15, -0.1) is 0 Å². The number of ether oxygens (including phenoxy) is 1. The summed E-state index contributed by atoms with van der Waals surface area (Å²) in [4.78, 5) is 26.1. The number of para-hydroxylation sites is 1. The zero-order chi connectivity index (χ0) is 22.1. The van der Waals surface area contributed by atoms with E-state index in [1.54, 1.807) is 19.2 Å². The predicted octanol–water partition coefficient (Wildman–Crippen LogP) is 2.91. The highest BCUT2D eigenvalue weighted by Crippen LogP contribution is 2.17. The van der Waals surface area contributed by atoms with Gasteiger partial charge >= 0.3 is 0 Å². The van der Waals surface area contributed by atoms with Crippen molar-refractivity contribution in [2.75, 3.05) is 31.8 Å². The smallest absolute Gasteiger partial charge is 0.243 e. The summed E-state index contributed by atoms with van der Waals surface area (Å²) in [7, 11) is -1.64. The first-order chi connectivity index (χ1) is 14.2. The highest BCUT2D eigenvalue weighted by Gasteiger charge is 2.14. The van der Waals surface area contributed by atoms with Gasteiger partial charge in [-0.1, -0.05) is 25.1 Å². The normalized spacial score (nSPS) is 11.0. The van der Waals surface area contributed by atoms with Gasteiger partial charge in [0.25, 0.3) is 0 Å². The molecule has 0 fully saturated rings. The van der Waals surface area contributed by atoms with E-state index in [0.29, 0.717) is 18.8 Å². The second-order valence-corrected chi connectivity index (χ2v) is 9.02. The van der Waals surface area contributed by atoms with Gasteiger partial charge in [0.1, 0.15) is 5.75 Å². The van der Waals surface area contributed by atoms with E-state index in [-0.39, 0.29) is 29.7 Å². The molecule has 0 aromatic heterocycles. The van der Waals surface area contributed by atoms with Crippen LogP contribution in [0, 0.1) is 0 Å². The van der Waals surface area contributed by atoms with E-state index in [9.17, 15) is 18.0 Å². The Morgan fingerprint density at radius 1 is 1.07 bits per heavy atom. The molecule has 0 saturated heterocycles. The fraction of sp³-hybridized carbons (Fsp3) is 0.364. The molecular formula is C22H28N2O5S. The molecule has 2 amide bonds. The molecule has 30 heavy (non-hydrogen) atoms. The molecule has 162 valence electrons. The summed E-state index contributed by atoms with van der Waals surface area (Å²) in [5.74, 6) is 0.149. The first-order valence-corrected chi connectivity index (χ1v) is 11.6. The highest BCUT2D eigenvalue weighted by molar-refractivity contribution is 7.90. The summed E-state index contributed by atoms with van der Waals surface area (Å²) in [6.07, 6.45) is 2.68. The zero-order valence-electron chi connectivity index (χ0n) is 17.6. The molecule has 0 spiro atoms. The maximum absolute atomic E-state index is 12.2. The Bertz CT molecular complexity index is 971. The van der Waals surface area contributed by atoms with Crippen molar-refractivity contribution in [2.45, 2.75) is 31.1 Å². The largest absolute Gasteiger partial charge is 0.494 e. The molecular weight excluding hydrogens is 404 g/mol. The number of nitrogens with zero attached hydrogens (tertiary/aromatic N) is 1. The third-order valence-electron chi connectivity index (χ3n) is 4.53. The van der Waals surface area contributed by atoms with Crippen molar-refractivity contribution in [3.63, 3.8) is 0 Å². The number of carbonyl (C=O) groups is 2. The second kappa shape index (κ2) is 10.8. The number of rotatable bonds is 10. The van der Waals surface area contributed by atoms with Crippen LogP contribution < -0.4 is 10.1 Å². The number of hydrogen-bond donors (Lipinski definition) is 1. The van der Waals surface area contributed by atoms with Crippen LogP contribution in [0.25, 0.3) is 0 Å². The molecule has 7 nitrogen and oxygen atoms in total. The van der Waals surface area contributed by atoms with E-state index < -0.39 is 9.84 Å². The summed E-state index contributed by atoms with van der Waals surface area (Å²) in [6, 6.07) is 13.7. The van der Waals surface area contributed by atoms with E-state index in [1.165, 1.54) is 17.0 Å². The van der Waals surface area contributed by atoms with Gasteiger partial charge in [-0.25, -0.2) is 8.42 Å². The average molecular weight is 433 g/mol. The maximum atomic E-state index is 12.2. The quantitative estimate of drug-likeness (QED) is 0.583. The fourth-order valence-electron chi connectivity index (χ4n) is 2.83. The average Bonchev–Trinajstić information content (AvgIpc) is 2.71. The Hall–Kier alpha value is -2.87. The van der Waals surface area contributed by atoms with Crippen molar-refractivity contribution in [1.82, 2.24) is 4.90 Å². The number of hydrogen-bond acceptors (Lipinski definition) is 5. The van der Waals surface area contributed by atoms with Gasteiger partial charge in [-0.3, -0.25) is 9.59 Å². The van der Waals surface area contributed by atoms with Gasteiger partial charge in [-0.2, -0.15) is 0 Å². The minimum atomic E-state index is -3.24. The minimum Gasteiger partial charge on any atom is -0.494 e. The number of nitrogens with one attached hydrogen (secondary N) is 1. The molecule has 0 atom stereocenters. The monoisotopic (exact) mass is 432 g/mol. The van der Waals surface area contributed by atoms with E-state index in [4.69, 9.17) is 4.74 Å². The molecule has 2 aromatic carbocycles. The van der Waals surface area contributed by atoms with Gasteiger partial charge in [0.2, 0.25) is 11.8 Å². The van der Waals surface area contributed by atoms with Gasteiger partial charge in [0, 0.05) is 25.4 Å².